The topological polar surface area (TPSA) is 47.7 Å². The van der Waals surface area contributed by atoms with Gasteiger partial charge in [0.2, 0.25) is 0 Å². The molecule has 0 atom stereocenters. The largest absolute Gasteiger partial charge is 0.491 e. The molecule has 96 valence electrons. The number of hydrogen-bond acceptors (Lipinski definition) is 4. The summed E-state index contributed by atoms with van der Waals surface area (Å²) in [6.07, 6.45) is 0.147. The maximum Gasteiger partial charge on any atom is 0.123 e. The lowest BCUT2D eigenvalue weighted by atomic mass is 10.2. The molecule has 17 heavy (non-hydrogen) atoms. The third-order valence-electron chi connectivity index (χ3n) is 2.36. The first-order chi connectivity index (χ1) is 8.02. The molecular weight excluding hydrogens is 216 g/mol. The molecule has 1 rings (SSSR count). The van der Waals surface area contributed by atoms with E-state index in [1.807, 2.05) is 39.1 Å². The molecule has 1 aromatic rings. The van der Waals surface area contributed by atoms with E-state index in [4.69, 9.17) is 15.2 Å². The number of benzene rings is 1. The molecule has 0 saturated carbocycles. The zero-order valence-electron chi connectivity index (χ0n) is 11.1. The highest BCUT2D eigenvalue weighted by Crippen LogP contribution is 2.25. The van der Waals surface area contributed by atoms with Gasteiger partial charge in [-0.3, -0.25) is 0 Å². The second-order valence-electron chi connectivity index (χ2n) is 4.34. The van der Waals surface area contributed by atoms with Gasteiger partial charge in [0.15, 0.2) is 0 Å². The predicted molar refractivity (Wildman–Crippen MR) is 71.8 cm³/mol. The summed E-state index contributed by atoms with van der Waals surface area (Å²) in [5.41, 5.74) is 7.61. The van der Waals surface area contributed by atoms with Gasteiger partial charge in [-0.15, -0.1) is 0 Å². The van der Waals surface area contributed by atoms with Gasteiger partial charge in [-0.25, -0.2) is 0 Å². The summed E-state index contributed by atoms with van der Waals surface area (Å²) in [6.45, 7) is 5.50. The first kappa shape index (κ1) is 13.6. The van der Waals surface area contributed by atoms with Crippen LogP contribution in [0, 0.1) is 0 Å². The van der Waals surface area contributed by atoms with Gasteiger partial charge in [0.1, 0.15) is 5.75 Å². The average Bonchev–Trinajstić information content (AvgIpc) is 2.24. The van der Waals surface area contributed by atoms with Crippen LogP contribution in [0.25, 0.3) is 0 Å². The molecule has 0 amide bonds. The smallest absolute Gasteiger partial charge is 0.123 e. The van der Waals surface area contributed by atoms with E-state index in [2.05, 4.69) is 4.90 Å². The number of nitrogens with zero attached hydrogens (tertiary/aromatic N) is 1. The van der Waals surface area contributed by atoms with Crippen molar-refractivity contribution in [1.82, 2.24) is 0 Å². The molecule has 0 fully saturated rings. The quantitative estimate of drug-likeness (QED) is 0.771. The number of nitrogen functional groups attached to an aromatic ring is 1. The highest BCUT2D eigenvalue weighted by Gasteiger charge is 2.06. The standard InChI is InChI=1S/C13H22N2O2/c1-10(2)17-13-8-11(14)7-12(9-13)15(3)5-6-16-4/h7-10H,5-6,14H2,1-4H3. The molecule has 0 radical (unpaired) electrons. The zero-order valence-corrected chi connectivity index (χ0v) is 11.1. The number of nitrogens with two attached hydrogens (primary N) is 1. The van der Waals surface area contributed by atoms with Crippen LogP contribution in [0.1, 0.15) is 13.8 Å². The number of ether oxygens (including phenoxy) is 2. The zero-order chi connectivity index (χ0) is 12.8. The van der Waals surface area contributed by atoms with E-state index < -0.39 is 0 Å². The number of anilines is 2. The fraction of sp³-hybridized carbons (Fsp3) is 0.538. The highest BCUT2D eigenvalue weighted by atomic mass is 16.5. The van der Waals surface area contributed by atoms with Gasteiger partial charge in [0.05, 0.1) is 12.7 Å². The normalized spacial score (nSPS) is 10.6. The molecule has 0 aliphatic carbocycles. The molecule has 0 heterocycles. The molecule has 0 aromatic heterocycles. The van der Waals surface area contributed by atoms with Crippen molar-refractivity contribution in [3.05, 3.63) is 18.2 Å². The van der Waals surface area contributed by atoms with E-state index in [-0.39, 0.29) is 6.10 Å². The monoisotopic (exact) mass is 238 g/mol. The van der Waals surface area contributed by atoms with Crippen molar-refractivity contribution in [2.24, 2.45) is 0 Å². The van der Waals surface area contributed by atoms with Gasteiger partial charge in [0, 0.05) is 44.2 Å². The van der Waals surface area contributed by atoms with Crippen molar-refractivity contribution in [2.45, 2.75) is 20.0 Å². The molecule has 0 unspecified atom stereocenters. The van der Waals surface area contributed by atoms with Crippen LogP contribution in [-0.2, 0) is 4.74 Å². The first-order valence-electron chi connectivity index (χ1n) is 5.80. The minimum absolute atomic E-state index is 0.147. The maximum atomic E-state index is 5.86. The van der Waals surface area contributed by atoms with E-state index >= 15 is 0 Å². The molecule has 2 N–H and O–H groups in total. The second kappa shape index (κ2) is 6.35. The van der Waals surface area contributed by atoms with Crippen LogP contribution in [0.15, 0.2) is 18.2 Å². The first-order valence-corrected chi connectivity index (χ1v) is 5.80. The van der Waals surface area contributed by atoms with Crippen LogP contribution >= 0.6 is 0 Å². The molecule has 4 heteroatoms. The Balaban J connectivity index is 2.81. The van der Waals surface area contributed by atoms with Crippen LogP contribution in [-0.4, -0.2) is 33.4 Å². The predicted octanol–water partition coefficient (Wildman–Crippen LogP) is 2.14. The van der Waals surface area contributed by atoms with Crippen LogP contribution in [0.2, 0.25) is 0 Å². The molecule has 0 aliphatic rings. The highest BCUT2D eigenvalue weighted by molar-refractivity contribution is 5.60. The summed E-state index contributed by atoms with van der Waals surface area (Å²) in [4.78, 5) is 2.09. The third-order valence-corrected chi connectivity index (χ3v) is 2.36. The summed E-state index contributed by atoms with van der Waals surface area (Å²) < 4.78 is 10.7. The Morgan fingerprint density at radius 2 is 2.00 bits per heavy atom. The lowest BCUT2D eigenvalue weighted by Gasteiger charge is -2.20. The van der Waals surface area contributed by atoms with Gasteiger partial charge in [-0.1, -0.05) is 0 Å². The Labute approximate surface area is 103 Å². The molecule has 4 nitrogen and oxygen atoms in total. The summed E-state index contributed by atoms with van der Waals surface area (Å²) in [7, 11) is 3.70. The van der Waals surface area contributed by atoms with Gasteiger partial charge in [-0.05, 0) is 19.9 Å². The van der Waals surface area contributed by atoms with Crippen LogP contribution in [0.5, 0.6) is 5.75 Å². The number of methoxy groups -OCH3 is 1. The number of likely N-dealkylation sites (N-methyl/N-ethyl adjacent to an activating group) is 1. The number of rotatable bonds is 6. The number of hydrogen-bond donors (Lipinski definition) is 1. The fourth-order valence-electron chi connectivity index (χ4n) is 1.52. The van der Waals surface area contributed by atoms with Crippen LogP contribution in [0.4, 0.5) is 11.4 Å². The Kier molecular flexibility index (Phi) is 5.10. The lowest BCUT2D eigenvalue weighted by molar-refractivity contribution is 0.206. The summed E-state index contributed by atoms with van der Waals surface area (Å²) in [5, 5.41) is 0. The summed E-state index contributed by atoms with van der Waals surface area (Å²) in [6, 6.07) is 5.77. The molecule has 1 aromatic carbocycles. The van der Waals surface area contributed by atoms with E-state index in [9.17, 15) is 0 Å². The SMILES string of the molecule is COCCN(C)c1cc(N)cc(OC(C)C)c1. The van der Waals surface area contributed by atoms with Crippen LogP contribution < -0.4 is 15.4 Å². The van der Waals surface area contributed by atoms with Gasteiger partial charge in [-0.2, -0.15) is 0 Å². The Hall–Kier alpha value is -1.42. The van der Waals surface area contributed by atoms with Crippen molar-refractivity contribution in [3.8, 4) is 5.75 Å². The van der Waals surface area contributed by atoms with Crippen molar-refractivity contribution >= 4 is 11.4 Å². The van der Waals surface area contributed by atoms with Crippen molar-refractivity contribution in [1.29, 1.82) is 0 Å². The van der Waals surface area contributed by atoms with Gasteiger partial charge < -0.3 is 20.1 Å². The Bertz CT molecular complexity index is 353. The van der Waals surface area contributed by atoms with Crippen molar-refractivity contribution in [3.63, 3.8) is 0 Å². The Morgan fingerprint density at radius 3 is 2.59 bits per heavy atom. The molecule has 0 aliphatic heterocycles. The van der Waals surface area contributed by atoms with E-state index in [1.54, 1.807) is 7.11 Å². The molecule has 0 saturated heterocycles. The van der Waals surface area contributed by atoms with Crippen LogP contribution in [0.3, 0.4) is 0 Å². The maximum absolute atomic E-state index is 5.86. The summed E-state index contributed by atoms with van der Waals surface area (Å²) >= 11 is 0. The second-order valence-corrected chi connectivity index (χ2v) is 4.34. The molecule has 0 bridgehead atoms. The minimum Gasteiger partial charge on any atom is -0.491 e. The molecular formula is C13H22N2O2. The van der Waals surface area contributed by atoms with Gasteiger partial charge >= 0.3 is 0 Å². The van der Waals surface area contributed by atoms with Gasteiger partial charge in [0.25, 0.3) is 0 Å². The van der Waals surface area contributed by atoms with Crippen molar-refractivity contribution in [2.75, 3.05) is 37.9 Å². The summed E-state index contributed by atoms with van der Waals surface area (Å²) in [5.74, 6) is 0.805. The average molecular weight is 238 g/mol. The lowest BCUT2D eigenvalue weighted by Crippen LogP contribution is -2.22. The molecule has 0 spiro atoms. The van der Waals surface area contributed by atoms with E-state index in [0.29, 0.717) is 12.3 Å². The van der Waals surface area contributed by atoms with E-state index in [0.717, 1.165) is 18.0 Å². The fourth-order valence-corrected chi connectivity index (χ4v) is 1.52. The van der Waals surface area contributed by atoms with E-state index in [1.165, 1.54) is 0 Å². The Morgan fingerprint density at radius 1 is 1.29 bits per heavy atom. The third kappa shape index (κ3) is 4.53. The minimum atomic E-state index is 0.147. The van der Waals surface area contributed by atoms with Crippen molar-refractivity contribution < 1.29 is 9.47 Å².